The average Bonchev–Trinajstić information content (AvgIpc) is 2.68. The minimum atomic E-state index is -0.597. The summed E-state index contributed by atoms with van der Waals surface area (Å²) in [6, 6.07) is 6.20. The Bertz CT molecular complexity index is 412. The van der Waals surface area contributed by atoms with Crippen LogP contribution in [0.4, 0.5) is 0 Å². The lowest BCUT2D eigenvalue weighted by molar-refractivity contribution is 0.0572. The van der Waals surface area contributed by atoms with Gasteiger partial charge in [-0.1, -0.05) is 12.1 Å². The summed E-state index contributed by atoms with van der Waals surface area (Å²) in [5, 5.41) is 18.9. The topological polar surface area (TPSA) is 52.9 Å². The molecule has 2 unspecified atom stereocenters. The van der Waals surface area contributed by atoms with E-state index in [1.165, 1.54) is 5.56 Å². The highest BCUT2D eigenvalue weighted by molar-refractivity contribution is 5.35. The largest absolute Gasteiger partial charge is 0.493 e. The summed E-state index contributed by atoms with van der Waals surface area (Å²) >= 11 is 0. The zero-order valence-electron chi connectivity index (χ0n) is 11.7. The highest BCUT2D eigenvalue weighted by Crippen LogP contribution is 2.19. The molecule has 1 aliphatic heterocycles. The van der Waals surface area contributed by atoms with Gasteiger partial charge in [0.05, 0.1) is 18.8 Å². The molecule has 2 rings (SSSR count). The lowest BCUT2D eigenvalue weighted by Gasteiger charge is -2.15. The summed E-state index contributed by atoms with van der Waals surface area (Å²) < 4.78 is 5.78. The second-order valence-corrected chi connectivity index (χ2v) is 5.37. The maximum Gasteiger partial charge on any atom is 0.122 e. The zero-order chi connectivity index (χ0) is 13.8. The molecule has 4 heteroatoms. The second kappa shape index (κ2) is 6.37. The normalized spacial score (nSPS) is 23.8. The first kappa shape index (κ1) is 14.3. The van der Waals surface area contributed by atoms with Crippen molar-refractivity contribution in [3.63, 3.8) is 0 Å². The van der Waals surface area contributed by atoms with Crippen LogP contribution in [0.3, 0.4) is 0 Å². The first-order chi connectivity index (χ1) is 9.06. The van der Waals surface area contributed by atoms with E-state index in [4.69, 9.17) is 4.74 Å². The van der Waals surface area contributed by atoms with E-state index in [9.17, 15) is 10.2 Å². The van der Waals surface area contributed by atoms with Crippen LogP contribution in [0.2, 0.25) is 0 Å². The zero-order valence-corrected chi connectivity index (χ0v) is 11.7. The minimum absolute atomic E-state index is 0.560. The molecule has 0 aliphatic carbocycles. The first-order valence-corrected chi connectivity index (χ1v) is 6.85. The van der Waals surface area contributed by atoms with Crippen LogP contribution in [-0.2, 0) is 0 Å². The van der Waals surface area contributed by atoms with Gasteiger partial charge in [-0.05, 0) is 37.5 Å². The average molecular weight is 265 g/mol. The highest BCUT2D eigenvalue weighted by atomic mass is 16.5. The molecular weight excluding hydrogens is 242 g/mol. The number of hydrogen-bond donors (Lipinski definition) is 2. The summed E-state index contributed by atoms with van der Waals surface area (Å²) in [6.07, 6.45) is -0.299. The Kier molecular flexibility index (Phi) is 4.80. The van der Waals surface area contributed by atoms with E-state index in [1.807, 2.05) is 6.92 Å². The molecular formula is C15H23NO3. The maximum absolute atomic E-state index is 9.45. The van der Waals surface area contributed by atoms with Crippen LogP contribution < -0.4 is 4.74 Å². The van der Waals surface area contributed by atoms with Gasteiger partial charge in [-0.25, -0.2) is 0 Å². The fourth-order valence-corrected chi connectivity index (χ4v) is 2.36. The quantitative estimate of drug-likeness (QED) is 0.783. The van der Waals surface area contributed by atoms with Crippen LogP contribution in [0.5, 0.6) is 5.75 Å². The van der Waals surface area contributed by atoms with Crippen LogP contribution in [0.25, 0.3) is 0 Å². The van der Waals surface area contributed by atoms with Gasteiger partial charge in [-0.15, -0.1) is 0 Å². The Labute approximate surface area is 114 Å². The van der Waals surface area contributed by atoms with Gasteiger partial charge in [0.25, 0.3) is 0 Å². The number of likely N-dealkylation sites (tertiary alicyclic amines) is 1. The van der Waals surface area contributed by atoms with Crippen molar-refractivity contribution >= 4 is 0 Å². The van der Waals surface area contributed by atoms with Gasteiger partial charge in [0, 0.05) is 19.6 Å². The molecule has 19 heavy (non-hydrogen) atoms. The lowest BCUT2D eigenvalue weighted by atomic mass is 10.1. The molecule has 106 valence electrons. The summed E-state index contributed by atoms with van der Waals surface area (Å²) in [4.78, 5) is 2.07. The van der Waals surface area contributed by atoms with Gasteiger partial charge in [0.2, 0.25) is 0 Å². The number of hydrogen-bond acceptors (Lipinski definition) is 4. The fourth-order valence-electron chi connectivity index (χ4n) is 2.36. The third-order valence-electron chi connectivity index (χ3n) is 3.55. The SMILES string of the molecule is Cc1ccc(C)c(OCCCN2CC(O)C(O)C2)c1. The van der Waals surface area contributed by atoms with Gasteiger partial charge >= 0.3 is 0 Å². The standard InChI is InChI=1S/C15H23NO3/c1-11-4-5-12(2)15(8-11)19-7-3-6-16-9-13(17)14(18)10-16/h4-5,8,13-14,17-18H,3,6-7,9-10H2,1-2H3. The van der Waals surface area contributed by atoms with Crippen molar-refractivity contribution in [3.8, 4) is 5.75 Å². The molecule has 0 radical (unpaired) electrons. The highest BCUT2D eigenvalue weighted by Gasteiger charge is 2.28. The van der Waals surface area contributed by atoms with Crippen molar-refractivity contribution in [3.05, 3.63) is 29.3 Å². The molecule has 1 heterocycles. The summed E-state index contributed by atoms with van der Waals surface area (Å²) in [7, 11) is 0. The minimum Gasteiger partial charge on any atom is -0.493 e. The molecule has 0 saturated carbocycles. The van der Waals surface area contributed by atoms with Gasteiger partial charge < -0.3 is 14.9 Å². The fraction of sp³-hybridized carbons (Fsp3) is 0.600. The second-order valence-electron chi connectivity index (χ2n) is 5.37. The first-order valence-electron chi connectivity index (χ1n) is 6.85. The number of aliphatic hydroxyl groups excluding tert-OH is 2. The van der Waals surface area contributed by atoms with Crippen LogP contribution in [0.1, 0.15) is 17.5 Å². The molecule has 1 aliphatic rings. The van der Waals surface area contributed by atoms with Crippen molar-refractivity contribution in [2.45, 2.75) is 32.5 Å². The van der Waals surface area contributed by atoms with E-state index in [1.54, 1.807) is 0 Å². The molecule has 2 N–H and O–H groups in total. The Morgan fingerprint density at radius 2 is 1.89 bits per heavy atom. The van der Waals surface area contributed by atoms with Crippen molar-refractivity contribution < 1.29 is 14.9 Å². The monoisotopic (exact) mass is 265 g/mol. The number of aliphatic hydroxyl groups is 2. The Morgan fingerprint density at radius 1 is 1.21 bits per heavy atom. The third kappa shape index (κ3) is 3.93. The number of nitrogens with zero attached hydrogens (tertiary/aromatic N) is 1. The van der Waals surface area contributed by atoms with Gasteiger partial charge in [0.15, 0.2) is 0 Å². The smallest absolute Gasteiger partial charge is 0.122 e. The Balaban J connectivity index is 1.71. The van der Waals surface area contributed by atoms with E-state index in [-0.39, 0.29) is 0 Å². The number of rotatable bonds is 5. The molecule has 1 fully saturated rings. The van der Waals surface area contributed by atoms with Crippen molar-refractivity contribution in [1.82, 2.24) is 4.90 Å². The number of β-amino-alcohol motifs (C(OH)–C–C–N with tert-alkyl or cyclic N) is 2. The summed E-state index contributed by atoms with van der Waals surface area (Å²) in [6.45, 7) is 6.72. The van der Waals surface area contributed by atoms with Crippen LogP contribution in [-0.4, -0.2) is 53.6 Å². The Morgan fingerprint density at radius 3 is 2.58 bits per heavy atom. The van der Waals surface area contributed by atoms with Crippen LogP contribution >= 0.6 is 0 Å². The molecule has 1 aromatic carbocycles. The maximum atomic E-state index is 9.45. The summed E-state index contributed by atoms with van der Waals surface area (Å²) in [5.41, 5.74) is 2.35. The Hall–Kier alpha value is -1.10. The van der Waals surface area contributed by atoms with E-state index in [0.717, 1.165) is 24.3 Å². The molecule has 4 nitrogen and oxygen atoms in total. The van der Waals surface area contributed by atoms with Crippen LogP contribution in [0.15, 0.2) is 18.2 Å². The van der Waals surface area contributed by atoms with E-state index in [2.05, 4.69) is 30.0 Å². The third-order valence-corrected chi connectivity index (χ3v) is 3.55. The predicted octanol–water partition coefficient (Wildman–Crippen LogP) is 1.11. The molecule has 0 aromatic heterocycles. The van der Waals surface area contributed by atoms with Crippen molar-refractivity contribution in [1.29, 1.82) is 0 Å². The van der Waals surface area contributed by atoms with Crippen LogP contribution in [0, 0.1) is 13.8 Å². The molecule has 1 saturated heterocycles. The number of aryl methyl sites for hydroxylation is 2. The summed E-state index contributed by atoms with van der Waals surface area (Å²) in [5.74, 6) is 0.946. The van der Waals surface area contributed by atoms with Gasteiger partial charge in [-0.3, -0.25) is 4.90 Å². The van der Waals surface area contributed by atoms with Crippen molar-refractivity contribution in [2.75, 3.05) is 26.2 Å². The number of benzene rings is 1. The van der Waals surface area contributed by atoms with Gasteiger partial charge in [0.1, 0.15) is 5.75 Å². The molecule has 1 aromatic rings. The number of ether oxygens (including phenoxy) is 1. The molecule has 2 atom stereocenters. The lowest BCUT2D eigenvalue weighted by Crippen LogP contribution is -2.24. The van der Waals surface area contributed by atoms with E-state index < -0.39 is 12.2 Å². The predicted molar refractivity (Wildman–Crippen MR) is 74.5 cm³/mol. The molecule has 0 bridgehead atoms. The van der Waals surface area contributed by atoms with Gasteiger partial charge in [-0.2, -0.15) is 0 Å². The molecule has 0 spiro atoms. The van der Waals surface area contributed by atoms with E-state index >= 15 is 0 Å². The van der Waals surface area contributed by atoms with Crippen molar-refractivity contribution in [2.24, 2.45) is 0 Å². The molecule has 0 amide bonds. The van der Waals surface area contributed by atoms with E-state index in [0.29, 0.717) is 19.7 Å².